The Hall–Kier alpha value is -1.34. The topological polar surface area (TPSA) is 69.2 Å². The van der Waals surface area contributed by atoms with Crippen LogP contribution in [0.5, 0.6) is 0 Å². The highest BCUT2D eigenvalue weighted by molar-refractivity contribution is 5.81. The van der Waals surface area contributed by atoms with E-state index in [1.54, 1.807) is 14.2 Å². The van der Waals surface area contributed by atoms with Crippen LogP contribution < -0.4 is 10.6 Å². The average molecular weight is 368 g/mol. The van der Waals surface area contributed by atoms with Crippen LogP contribution in [-0.2, 0) is 9.53 Å². The fourth-order valence-corrected chi connectivity index (χ4v) is 3.80. The Kier molecular flexibility index (Phi) is 9.18. The van der Waals surface area contributed by atoms with Crippen LogP contribution in [0.3, 0.4) is 0 Å². The van der Waals surface area contributed by atoms with Crippen molar-refractivity contribution in [2.24, 2.45) is 10.9 Å². The van der Waals surface area contributed by atoms with Crippen LogP contribution in [-0.4, -0.2) is 88.2 Å². The molecule has 7 heteroatoms. The summed E-state index contributed by atoms with van der Waals surface area (Å²) in [6.07, 6.45) is 6.85. The van der Waals surface area contributed by atoms with Crippen molar-refractivity contribution in [2.75, 3.05) is 60.5 Å². The minimum absolute atomic E-state index is 0.266. The molecular weight excluding hydrogens is 330 g/mol. The van der Waals surface area contributed by atoms with E-state index in [0.717, 1.165) is 64.6 Å². The lowest BCUT2D eigenvalue weighted by molar-refractivity contribution is -0.135. The quantitative estimate of drug-likeness (QED) is 0.493. The Bertz CT molecular complexity index is 451. The number of carbonyl (C=O) groups is 1. The summed E-state index contributed by atoms with van der Waals surface area (Å²) in [6.45, 7) is 5.09. The van der Waals surface area contributed by atoms with E-state index in [-0.39, 0.29) is 5.92 Å². The zero-order valence-electron chi connectivity index (χ0n) is 16.8. The molecule has 0 spiro atoms. The van der Waals surface area contributed by atoms with Crippen LogP contribution in [0, 0.1) is 5.92 Å². The number of nitrogens with one attached hydrogen (secondary N) is 2. The molecule has 1 aliphatic carbocycles. The van der Waals surface area contributed by atoms with E-state index in [1.807, 2.05) is 0 Å². The van der Waals surface area contributed by atoms with Crippen LogP contribution in [0.2, 0.25) is 0 Å². The number of likely N-dealkylation sites (tertiary alicyclic amines) is 1. The lowest BCUT2D eigenvalue weighted by atomic mass is 9.88. The van der Waals surface area contributed by atoms with Crippen LogP contribution in [0.25, 0.3) is 0 Å². The Morgan fingerprint density at radius 1 is 1.23 bits per heavy atom. The predicted octanol–water partition coefficient (Wildman–Crippen LogP) is 0.911. The number of carbonyl (C=O) groups excluding carboxylic acids is 1. The molecule has 1 atom stereocenters. The summed E-state index contributed by atoms with van der Waals surface area (Å²) < 4.78 is 5.09. The predicted molar refractivity (Wildman–Crippen MR) is 105 cm³/mol. The van der Waals surface area contributed by atoms with Crippen molar-refractivity contribution in [3.63, 3.8) is 0 Å². The zero-order chi connectivity index (χ0) is 18.8. The van der Waals surface area contributed by atoms with Crippen molar-refractivity contribution in [1.82, 2.24) is 20.4 Å². The molecule has 1 saturated heterocycles. The molecule has 1 amide bonds. The number of ether oxygens (including phenoxy) is 1. The van der Waals surface area contributed by atoms with Crippen LogP contribution in [0.1, 0.15) is 38.5 Å². The second-order valence-corrected chi connectivity index (χ2v) is 7.54. The Morgan fingerprint density at radius 2 is 2.00 bits per heavy atom. The van der Waals surface area contributed by atoms with Crippen LogP contribution in [0.15, 0.2) is 4.99 Å². The monoisotopic (exact) mass is 367 g/mol. The first-order chi connectivity index (χ1) is 12.6. The second kappa shape index (κ2) is 11.4. The van der Waals surface area contributed by atoms with E-state index >= 15 is 0 Å². The number of rotatable bonds is 8. The normalized spacial score (nSPS) is 22.1. The van der Waals surface area contributed by atoms with E-state index in [9.17, 15) is 4.79 Å². The Labute approximate surface area is 158 Å². The van der Waals surface area contributed by atoms with Crippen molar-refractivity contribution >= 4 is 11.9 Å². The molecule has 2 aliphatic rings. The van der Waals surface area contributed by atoms with Crippen molar-refractivity contribution in [1.29, 1.82) is 0 Å². The summed E-state index contributed by atoms with van der Waals surface area (Å²) in [5.74, 6) is 1.46. The Balaban J connectivity index is 1.68. The highest BCUT2D eigenvalue weighted by atomic mass is 16.5. The molecule has 0 bridgehead atoms. The third-order valence-corrected chi connectivity index (χ3v) is 5.48. The smallest absolute Gasteiger partial charge is 0.225 e. The molecule has 26 heavy (non-hydrogen) atoms. The van der Waals surface area contributed by atoms with Gasteiger partial charge in [0.25, 0.3) is 0 Å². The minimum Gasteiger partial charge on any atom is -0.383 e. The molecule has 2 rings (SSSR count). The lowest BCUT2D eigenvalue weighted by Gasteiger charge is -2.26. The van der Waals surface area contributed by atoms with Gasteiger partial charge in [0.1, 0.15) is 0 Å². The van der Waals surface area contributed by atoms with E-state index in [4.69, 9.17) is 4.74 Å². The van der Waals surface area contributed by atoms with Gasteiger partial charge in [-0.3, -0.25) is 9.79 Å². The summed E-state index contributed by atoms with van der Waals surface area (Å²) in [6, 6.07) is 0.292. The minimum atomic E-state index is 0.266. The van der Waals surface area contributed by atoms with Gasteiger partial charge in [0.2, 0.25) is 5.91 Å². The van der Waals surface area contributed by atoms with Gasteiger partial charge in [0.05, 0.1) is 6.61 Å². The first-order valence-electron chi connectivity index (χ1n) is 10.1. The maximum absolute atomic E-state index is 12.7. The van der Waals surface area contributed by atoms with E-state index in [2.05, 4.69) is 32.5 Å². The molecule has 2 N–H and O–H groups in total. The Morgan fingerprint density at radius 3 is 2.69 bits per heavy atom. The van der Waals surface area contributed by atoms with Gasteiger partial charge in [0, 0.05) is 58.8 Å². The van der Waals surface area contributed by atoms with Crippen molar-refractivity contribution in [2.45, 2.75) is 44.6 Å². The summed E-state index contributed by atoms with van der Waals surface area (Å²) in [7, 11) is 5.61. The van der Waals surface area contributed by atoms with Crippen LogP contribution in [0.4, 0.5) is 0 Å². The van der Waals surface area contributed by atoms with E-state index in [1.165, 1.54) is 19.3 Å². The van der Waals surface area contributed by atoms with Crippen molar-refractivity contribution in [3.8, 4) is 0 Å². The number of aliphatic imine (C=N–C) groups is 1. The molecule has 7 nitrogen and oxygen atoms in total. The molecule has 0 aromatic rings. The lowest BCUT2D eigenvalue weighted by Crippen LogP contribution is -2.47. The molecule has 1 aliphatic heterocycles. The summed E-state index contributed by atoms with van der Waals surface area (Å²) in [5, 5.41) is 6.84. The number of likely N-dealkylation sites (N-methyl/N-ethyl adjacent to an activating group) is 1. The van der Waals surface area contributed by atoms with Gasteiger partial charge in [-0.25, -0.2) is 0 Å². The number of hydrogen-bond acceptors (Lipinski definition) is 4. The molecule has 0 aromatic heterocycles. The van der Waals surface area contributed by atoms with E-state index < -0.39 is 0 Å². The fraction of sp³-hybridized carbons (Fsp3) is 0.895. The van der Waals surface area contributed by atoms with Gasteiger partial charge in [-0.1, -0.05) is 19.3 Å². The third kappa shape index (κ3) is 6.76. The van der Waals surface area contributed by atoms with Gasteiger partial charge < -0.3 is 25.2 Å². The average Bonchev–Trinajstić information content (AvgIpc) is 3.14. The molecular formula is C19H37N5O2. The standard InChI is InChI=1S/C19H37N5O2/c1-20-19(21-10-12-23(2)13-14-26-3)22-17-9-11-24(15-17)18(25)16-7-5-4-6-8-16/h16-17H,4-15H2,1-3H3,(H2,20,21,22). The maximum atomic E-state index is 12.7. The van der Waals surface area contributed by atoms with Crippen molar-refractivity contribution in [3.05, 3.63) is 0 Å². The number of nitrogens with zero attached hydrogens (tertiary/aromatic N) is 3. The SMILES string of the molecule is CN=C(NCCN(C)CCOC)NC1CCN(C(=O)C2CCCCC2)C1. The zero-order valence-corrected chi connectivity index (χ0v) is 16.8. The highest BCUT2D eigenvalue weighted by Crippen LogP contribution is 2.26. The van der Waals surface area contributed by atoms with Gasteiger partial charge in [-0.2, -0.15) is 0 Å². The van der Waals surface area contributed by atoms with Gasteiger partial charge in [0.15, 0.2) is 5.96 Å². The summed E-state index contributed by atoms with van der Waals surface area (Å²) in [4.78, 5) is 21.3. The first-order valence-corrected chi connectivity index (χ1v) is 10.1. The molecule has 1 unspecified atom stereocenters. The summed E-state index contributed by atoms with van der Waals surface area (Å²) >= 11 is 0. The molecule has 150 valence electrons. The number of amides is 1. The van der Waals surface area contributed by atoms with Crippen LogP contribution >= 0.6 is 0 Å². The van der Waals surface area contributed by atoms with E-state index in [0.29, 0.717) is 11.9 Å². The summed E-state index contributed by atoms with van der Waals surface area (Å²) in [5.41, 5.74) is 0. The van der Waals surface area contributed by atoms with Gasteiger partial charge >= 0.3 is 0 Å². The highest BCUT2D eigenvalue weighted by Gasteiger charge is 2.31. The second-order valence-electron chi connectivity index (χ2n) is 7.54. The maximum Gasteiger partial charge on any atom is 0.225 e. The fourth-order valence-electron chi connectivity index (χ4n) is 3.80. The molecule has 0 aromatic carbocycles. The van der Waals surface area contributed by atoms with Crippen molar-refractivity contribution < 1.29 is 9.53 Å². The van der Waals surface area contributed by atoms with Gasteiger partial charge in [-0.15, -0.1) is 0 Å². The van der Waals surface area contributed by atoms with Gasteiger partial charge in [-0.05, 0) is 26.3 Å². The molecule has 1 saturated carbocycles. The third-order valence-electron chi connectivity index (χ3n) is 5.48. The largest absolute Gasteiger partial charge is 0.383 e. The number of methoxy groups -OCH3 is 1. The number of hydrogen-bond donors (Lipinski definition) is 2. The molecule has 0 radical (unpaired) electrons. The first kappa shape index (κ1) is 21.0. The molecule has 1 heterocycles. The number of guanidine groups is 1. The molecule has 2 fully saturated rings.